The van der Waals surface area contributed by atoms with E-state index in [9.17, 15) is 10.0 Å². The molecule has 0 bridgehead atoms. The Kier molecular flexibility index (Phi) is 3.81. The smallest absolute Gasteiger partial charge is 0.344 e. The number of nitrogens with zero attached hydrogens (tertiary/aromatic N) is 4. The van der Waals surface area contributed by atoms with E-state index in [1.165, 1.54) is 19.5 Å². The summed E-state index contributed by atoms with van der Waals surface area (Å²) in [5, 5.41) is 13.5. The molecule has 1 N–H and O–H groups in total. The quantitative estimate of drug-likeness (QED) is 0.654. The molecule has 19 heavy (non-hydrogen) atoms. The predicted octanol–water partition coefficient (Wildman–Crippen LogP) is 0.783. The number of pyridine rings is 1. The summed E-state index contributed by atoms with van der Waals surface area (Å²) in [7, 11) is 1.23. The normalized spacial score (nSPS) is 10.2. The van der Waals surface area contributed by atoms with Gasteiger partial charge < -0.3 is 14.7 Å². The zero-order chi connectivity index (χ0) is 13.8. The van der Waals surface area contributed by atoms with Gasteiger partial charge in [0.05, 0.1) is 12.1 Å². The van der Waals surface area contributed by atoms with Crippen molar-refractivity contribution in [3.63, 3.8) is 0 Å². The SMILES string of the molecule is COC(=O)COc1nc(-c2ccncc2Cl)n(O)n1. The van der Waals surface area contributed by atoms with E-state index < -0.39 is 5.97 Å². The fourth-order valence-corrected chi connectivity index (χ4v) is 1.46. The minimum atomic E-state index is -0.585. The second kappa shape index (κ2) is 5.53. The number of hydrogen-bond acceptors (Lipinski definition) is 7. The minimum Gasteiger partial charge on any atom is -0.466 e. The van der Waals surface area contributed by atoms with E-state index in [1.54, 1.807) is 6.07 Å². The summed E-state index contributed by atoms with van der Waals surface area (Å²) in [4.78, 5) is 19.1. The van der Waals surface area contributed by atoms with Gasteiger partial charge in [0.2, 0.25) is 5.82 Å². The maximum absolute atomic E-state index is 10.9. The molecule has 0 aliphatic heterocycles. The maximum Gasteiger partial charge on any atom is 0.344 e. The first kappa shape index (κ1) is 13.1. The summed E-state index contributed by atoms with van der Waals surface area (Å²) < 4.78 is 9.34. The number of rotatable bonds is 4. The fraction of sp³-hybridized carbons (Fsp3) is 0.200. The van der Waals surface area contributed by atoms with Crippen molar-refractivity contribution in [3.05, 3.63) is 23.5 Å². The Morgan fingerprint density at radius 1 is 1.58 bits per heavy atom. The number of hydrogen-bond donors (Lipinski definition) is 1. The summed E-state index contributed by atoms with van der Waals surface area (Å²) in [6.07, 6.45) is 2.89. The number of halogens is 1. The highest BCUT2D eigenvalue weighted by Crippen LogP contribution is 2.25. The summed E-state index contributed by atoms with van der Waals surface area (Å²) >= 11 is 5.92. The van der Waals surface area contributed by atoms with Crippen molar-refractivity contribution in [2.75, 3.05) is 13.7 Å². The lowest BCUT2D eigenvalue weighted by Crippen LogP contribution is -2.13. The van der Waals surface area contributed by atoms with Crippen molar-refractivity contribution < 1.29 is 19.5 Å². The molecule has 8 nitrogen and oxygen atoms in total. The monoisotopic (exact) mass is 284 g/mol. The molecule has 2 aromatic heterocycles. The van der Waals surface area contributed by atoms with Crippen LogP contribution in [0.5, 0.6) is 6.01 Å². The lowest BCUT2D eigenvalue weighted by atomic mass is 10.2. The lowest BCUT2D eigenvalue weighted by Gasteiger charge is -1.99. The van der Waals surface area contributed by atoms with Gasteiger partial charge in [0.25, 0.3) is 0 Å². The second-order valence-electron chi connectivity index (χ2n) is 3.33. The van der Waals surface area contributed by atoms with Crippen LogP contribution in [-0.4, -0.2) is 44.8 Å². The number of carbonyl (C=O) groups excluding carboxylic acids is 1. The van der Waals surface area contributed by atoms with Gasteiger partial charge in [-0.2, -0.15) is 4.98 Å². The third-order valence-corrected chi connectivity index (χ3v) is 2.43. The Balaban J connectivity index is 2.22. The molecule has 9 heteroatoms. The topological polar surface area (TPSA) is 99.4 Å². The molecule has 2 heterocycles. The van der Waals surface area contributed by atoms with Crippen LogP contribution >= 0.6 is 11.6 Å². The van der Waals surface area contributed by atoms with E-state index in [-0.39, 0.29) is 18.4 Å². The van der Waals surface area contributed by atoms with Gasteiger partial charge in [-0.25, -0.2) is 4.79 Å². The molecule has 0 fully saturated rings. The highest BCUT2D eigenvalue weighted by Gasteiger charge is 2.16. The fourth-order valence-electron chi connectivity index (χ4n) is 1.25. The Morgan fingerprint density at radius 2 is 2.37 bits per heavy atom. The number of ether oxygens (including phenoxy) is 2. The summed E-state index contributed by atoms with van der Waals surface area (Å²) in [6.45, 7) is -0.357. The first-order chi connectivity index (χ1) is 9.11. The summed E-state index contributed by atoms with van der Waals surface area (Å²) in [5.74, 6) is -0.509. The van der Waals surface area contributed by atoms with Gasteiger partial charge in [-0.3, -0.25) is 4.98 Å². The third kappa shape index (κ3) is 2.91. The largest absolute Gasteiger partial charge is 0.466 e. The standard InChI is InChI=1S/C10H9ClN4O4/c1-18-8(16)5-19-10-13-9(15(17)14-10)6-2-3-12-4-7(6)11/h2-4,17H,5H2,1H3. The van der Waals surface area contributed by atoms with Crippen LogP contribution in [0, 0.1) is 0 Å². The van der Waals surface area contributed by atoms with Crippen LogP contribution in [0.2, 0.25) is 5.02 Å². The maximum atomic E-state index is 10.9. The highest BCUT2D eigenvalue weighted by atomic mass is 35.5. The molecular weight excluding hydrogens is 276 g/mol. The average molecular weight is 285 g/mol. The first-order valence-electron chi connectivity index (χ1n) is 5.07. The third-order valence-electron chi connectivity index (χ3n) is 2.13. The highest BCUT2D eigenvalue weighted by molar-refractivity contribution is 6.33. The van der Waals surface area contributed by atoms with Crippen LogP contribution in [0.3, 0.4) is 0 Å². The molecule has 0 atom stereocenters. The van der Waals surface area contributed by atoms with Crippen molar-refractivity contribution in [2.24, 2.45) is 0 Å². The van der Waals surface area contributed by atoms with Crippen LogP contribution in [0.4, 0.5) is 0 Å². The van der Waals surface area contributed by atoms with E-state index in [4.69, 9.17) is 16.3 Å². The van der Waals surface area contributed by atoms with Gasteiger partial charge in [0.1, 0.15) is 0 Å². The molecule has 2 aromatic rings. The average Bonchev–Trinajstić information content (AvgIpc) is 2.77. The van der Waals surface area contributed by atoms with Crippen LogP contribution in [0.1, 0.15) is 0 Å². The summed E-state index contributed by atoms with van der Waals surface area (Å²) in [6, 6.07) is 1.39. The van der Waals surface area contributed by atoms with E-state index in [1.807, 2.05) is 0 Å². The zero-order valence-corrected chi connectivity index (χ0v) is 10.5. The molecule has 0 unspecified atom stereocenters. The Hall–Kier alpha value is -2.35. The van der Waals surface area contributed by atoms with Crippen LogP contribution in [0.25, 0.3) is 11.4 Å². The molecule has 100 valence electrons. The zero-order valence-electron chi connectivity index (χ0n) is 9.78. The molecule has 0 spiro atoms. The van der Waals surface area contributed by atoms with Gasteiger partial charge in [-0.1, -0.05) is 21.5 Å². The van der Waals surface area contributed by atoms with Crippen LogP contribution < -0.4 is 4.74 Å². The molecule has 0 amide bonds. The van der Waals surface area contributed by atoms with Gasteiger partial charge in [-0.15, -0.1) is 0 Å². The Bertz CT molecular complexity index is 601. The van der Waals surface area contributed by atoms with Gasteiger partial charge >= 0.3 is 12.0 Å². The van der Waals surface area contributed by atoms with Crippen molar-refractivity contribution >= 4 is 17.6 Å². The van der Waals surface area contributed by atoms with E-state index >= 15 is 0 Å². The molecule has 2 rings (SSSR count). The van der Waals surface area contributed by atoms with E-state index in [0.29, 0.717) is 15.4 Å². The minimum absolute atomic E-state index is 0.0762. The van der Waals surface area contributed by atoms with Crippen molar-refractivity contribution in [1.82, 2.24) is 19.9 Å². The van der Waals surface area contributed by atoms with Crippen molar-refractivity contribution in [3.8, 4) is 17.4 Å². The molecule has 0 aromatic carbocycles. The molecule has 0 aliphatic carbocycles. The van der Waals surface area contributed by atoms with Crippen LogP contribution in [0.15, 0.2) is 18.5 Å². The number of carbonyl (C=O) groups is 1. The first-order valence-corrected chi connectivity index (χ1v) is 5.45. The Morgan fingerprint density at radius 3 is 3.05 bits per heavy atom. The predicted molar refractivity (Wildman–Crippen MR) is 63.0 cm³/mol. The van der Waals surface area contributed by atoms with E-state index in [0.717, 1.165) is 0 Å². The number of methoxy groups -OCH3 is 1. The number of aromatic nitrogens is 4. The van der Waals surface area contributed by atoms with Crippen molar-refractivity contribution in [1.29, 1.82) is 0 Å². The number of esters is 1. The van der Waals surface area contributed by atoms with Gasteiger partial charge in [0.15, 0.2) is 6.61 Å². The summed E-state index contributed by atoms with van der Waals surface area (Å²) in [5.41, 5.74) is 0.430. The van der Waals surface area contributed by atoms with Gasteiger partial charge in [-0.05, 0) is 6.07 Å². The molecule has 0 saturated carbocycles. The molecular formula is C10H9ClN4O4. The molecule has 0 saturated heterocycles. The lowest BCUT2D eigenvalue weighted by molar-refractivity contribution is -0.143. The van der Waals surface area contributed by atoms with E-state index in [2.05, 4.69) is 19.8 Å². The molecule has 0 aliphatic rings. The molecule has 0 radical (unpaired) electrons. The van der Waals surface area contributed by atoms with Crippen molar-refractivity contribution in [2.45, 2.75) is 0 Å². The second-order valence-corrected chi connectivity index (χ2v) is 3.73. The van der Waals surface area contributed by atoms with Crippen LogP contribution in [-0.2, 0) is 9.53 Å². The van der Waals surface area contributed by atoms with Gasteiger partial charge in [0, 0.05) is 18.0 Å². The Labute approximate surface area is 112 Å².